The Morgan fingerprint density at radius 2 is 2.04 bits per heavy atom. The second-order valence-electron chi connectivity index (χ2n) is 6.77. The fourth-order valence-electron chi connectivity index (χ4n) is 4.04. The maximum absolute atomic E-state index is 9.88. The number of ether oxygens (including phenoxy) is 2. The van der Waals surface area contributed by atoms with Gasteiger partial charge in [-0.2, -0.15) is 10.4 Å². The Morgan fingerprint density at radius 1 is 1.19 bits per heavy atom. The van der Waals surface area contributed by atoms with Crippen LogP contribution in [0.5, 0.6) is 11.5 Å². The summed E-state index contributed by atoms with van der Waals surface area (Å²) in [4.78, 5) is 4.48. The van der Waals surface area contributed by atoms with Crippen molar-refractivity contribution in [1.82, 2.24) is 14.8 Å². The maximum Gasteiger partial charge on any atom is 0.171 e. The molecule has 140 valence electrons. The zero-order valence-corrected chi connectivity index (χ0v) is 16.3. The first kappa shape index (κ1) is 17.9. The maximum atomic E-state index is 9.88. The summed E-state index contributed by atoms with van der Waals surface area (Å²) in [7, 11) is 3.23. The molecule has 1 aliphatic heterocycles. The highest BCUT2D eigenvalue weighted by Crippen LogP contribution is 2.50. The number of methoxy groups -OCH3 is 2. The average molecular weight is 382 g/mol. The van der Waals surface area contributed by atoms with Crippen molar-refractivity contribution in [3.05, 3.63) is 30.1 Å². The Bertz CT molecular complexity index is 915. The molecule has 1 saturated carbocycles. The lowest BCUT2D eigenvalue weighted by Crippen LogP contribution is -2.12. The van der Waals surface area contributed by atoms with Gasteiger partial charge in [-0.1, -0.05) is 25.3 Å². The summed E-state index contributed by atoms with van der Waals surface area (Å²) in [5, 5.41) is 15.7. The Morgan fingerprint density at radius 3 is 2.81 bits per heavy atom. The molecule has 2 atom stereocenters. The molecule has 1 fully saturated rings. The molecular formula is C20H22N4O2S. The van der Waals surface area contributed by atoms with Crippen molar-refractivity contribution in [1.29, 1.82) is 5.26 Å². The Labute approximate surface area is 163 Å². The van der Waals surface area contributed by atoms with Gasteiger partial charge in [-0.25, -0.2) is 9.67 Å². The molecule has 1 aliphatic carbocycles. The van der Waals surface area contributed by atoms with Gasteiger partial charge in [0, 0.05) is 11.2 Å². The predicted molar refractivity (Wildman–Crippen MR) is 105 cm³/mol. The number of benzene rings is 1. The smallest absolute Gasteiger partial charge is 0.171 e. The van der Waals surface area contributed by atoms with Crippen LogP contribution in [0.15, 0.2) is 30.1 Å². The van der Waals surface area contributed by atoms with Crippen LogP contribution in [0.2, 0.25) is 0 Å². The van der Waals surface area contributed by atoms with Crippen molar-refractivity contribution in [2.75, 3.05) is 14.2 Å². The van der Waals surface area contributed by atoms with E-state index in [0.717, 1.165) is 29.0 Å². The molecule has 6 nitrogen and oxygen atoms in total. The molecule has 0 radical (unpaired) electrons. The molecule has 2 aromatic rings. The van der Waals surface area contributed by atoms with Crippen molar-refractivity contribution >= 4 is 16.8 Å². The Balaban J connectivity index is 1.81. The van der Waals surface area contributed by atoms with Crippen LogP contribution in [0, 0.1) is 17.2 Å². The molecule has 0 bridgehead atoms. The zero-order valence-electron chi connectivity index (χ0n) is 15.5. The molecule has 0 N–H and O–H groups in total. The molecule has 27 heavy (non-hydrogen) atoms. The van der Waals surface area contributed by atoms with Crippen molar-refractivity contribution < 1.29 is 9.47 Å². The second kappa shape index (κ2) is 7.65. The van der Waals surface area contributed by atoms with Crippen LogP contribution in [0.1, 0.15) is 32.1 Å². The summed E-state index contributed by atoms with van der Waals surface area (Å²) < 4.78 is 12.8. The minimum Gasteiger partial charge on any atom is -0.493 e. The summed E-state index contributed by atoms with van der Waals surface area (Å²) in [6.07, 6.45) is 7.44. The first-order chi connectivity index (χ1) is 13.3. The molecule has 4 rings (SSSR count). The first-order valence-corrected chi connectivity index (χ1v) is 10.1. The monoisotopic (exact) mass is 382 g/mol. The number of fused-ring (bicyclic) bond motifs is 1. The third kappa shape index (κ3) is 3.08. The van der Waals surface area contributed by atoms with E-state index in [1.165, 1.54) is 25.6 Å². The van der Waals surface area contributed by atoms with Crippen LogP contribution in [0.3, 0.4) is 0 Å². The number of nitrogens with zero attached hydrogens (tertiary/aromatic N) is 4. The van der Waals surface area contributed by atoms with Gasteiger partial charge in [0.05, 0.1) is 31.4 Å². The molecule has 1 aromatic heterocycles. The summed E-state index contributed by atoms with van der Waals surface area (Å²) >= 11 is 1.78. The van der Waals surface area contributed by atoms with Crippen LogP contribution >= 0.6 is 11.8 Å². The number of hydrogen-bond donors (Lipinski definition) is 0. The van der Waals surface area contributed by atoms with Crippen LogP contribution in [-0.4, -0.2) is 34.2 Å². The van der Waals surface area contributed by atoms with Gasteiger partial charge in [0.1, 0.15) is 11.4 Å². The second-order valence-corrected chi connectivity index (χ2v) is 8.00. The van der Waals surface area contributed by atoms with Crippen LogP contribution in [0.25, 0.3) is 16.4 Å². The van der Waals surface area contributed by atoms with E-state index in [4.69, 9.17) is 9.47 Å². The minimum absolute atomic E-state index is 0.321. The highest BCUT2D eigenvalue weighted by Gasteiger charge is 2.38. The molecule has 1 aromatic carbocycles. The molecule has 7 heteroatoms. The van der Waals surface area contributed by atoms with E-state index in [2.05, 4.69) is 16.2 Å². The van der Waals surface area contributed by atoms with Crippen molar-refractivity contribution in [3.63, 3.8) is 0 Å². The van der Waals surface area contributed by atoms with Gasteiger partial charge in [-0.15, -0.1) is 11.8 Å². The number of rotatable bonds is 4. The standard InChI is InChI=1S/C20H22N4O2S/c1-25-16-9-6-8-14(18(16)26-2)19-22-12-23-24(19)20-15(11-21)13-7-4-3-5-10-17(13)27-20/h6,8-9,12-13,17H,3-5,7,10H2,1-2H3/t13-,17+/m0/s1. The highest BCUT2D eigenvalue weighted by atomic mass is 32.2. The van der Waals surface area contributed by atoms with Gasteiger partial charge < -0.3 is 9.47 Å². The van der Waals surface area contributed by atoms with Crippen molar-refractivity contribution in [2.24, 2.45) is 5.92 Å². The van der Waals surface area contributed by atoms with Gasteiger partial charge in [0.2, 0.25) is 0 Å². The number of allylic oxidation sites excluding steroid dienone is 1. The molecule has 0 saturated heterocycles. The van der Waals surface area contributed by atoms with E-state index in [0.29, 0.717) is 28.5 Å². The van der Waals surface area contributed by atoms with E-state index in [1.54, 1.807) is 30.7 Å². The van der Waals surface area contributed by atoms with Gasteiger partial charge in [0.15, 0.2) is 17.3 Å². The van der Waals surface area contributed by atoms with E-state index in [1.807, 2.05) is 18.2 Å². The number of hydrogen-bond acceptors (Lipinski definition) is 6. The Kier molecular flexibility index (Phi) is 5.08. The van der Waals surface area contributed by atoms with Crippen LogP contribution < -0.4 is 9.47 Å². The van der Waals surface area contributed by atoms with Crippen molar-refractivity contribution in [2.45, 2.75) is 37.4 Å². The van der Waals surface area contributed by atoms with Gasteiger partial charge in [0.25, 0.3) is 0 Å². The number of thioether (sulfide) groups is 1. The van der Waals surface area contributed by atoms with Gasteiger partial charge >= 0.3 is 0 Å². The summed E-state index contributed by atoms with van der Waals surface area (Å²) in [5.74, 6) is 2.24. The predicted octanol–water partition coefficient (Wildman–Crippen LogP) is 4.35. The fraction of sp³-hybridized carbons (Fsp3) is 0.450. The van der Waals surface area contributed by atoms with E-state index in [9.17, 15) is 5.26 Å². The fourth-order valence-corrected chi connectivity index (χ4v) is 5.61. The van der Waals surface area contributed by atoms with Gasteiger partial charge in [-0.3, -0.25) is 0 Å². The third-order valence-corrected chi connectivity index (χ3v) is 6.80. The lowest BCUT2D eigenvalue weighted by atomic mass is 9.93. The van der Waals surface area contributed by atoms with Gasteiger partial charge in [-0.05, 0) is 25.0 Å². The molecule has 0 amide bonds. The minimum atomic E-state index is 0.321. The molecular weight excluding hydrogens is 360 g/mol. The summed E-state index contributed by atoms with van der Waals surface area (Å²) in [6.45, 7) is 0. The lowest BCUT2D eigenvalue weighted by molar-refractivity contribution is 0.356. The number of nitriles is 1. The highest BCUT2D eigenvalue weighted by molar-refractivity contribution is 8.08. The normalized spacial score (nSPS) is 22.1. The van der Waals surface area contributed by atoms with Crippen LogP contribution in [-0.2, 0) is 0 Å². The van der Waals surface area contributed by atoms with E-state index in [-0.39, 0.29) is 0 Å². The van der Waals surface area contributed by atoms with Crippen LogP contribution in [0.4, 0.5) is 0 Å². The topological polar surface area (TPSA) is 73.0 Å². The molecule has 2 aliphatic rings. The SMILES string of the molecule is COc1cccc(-c2ncnn2C2=C(C#N)[C@@H]3CCCCC[C@H]3S2)c1OC. The molecule has 2 heterocycles. The molecule has 0 spiro atoms. The summed E-state index contributed by atoms with van der Waals surface area (Å²) in [5.41, 5.74) is 1.65. The summed E-state index contributed by atoms with van der Waals surface area (Å²) in [6, 6.07) is 8.17. The Hall–Kier alpha value is -2.46. The lowest BCUT2D eigenvalue weighted by Gasteiger charge is -2.15. The number of aromatic nitrogens is 3. The third-order valence-electron chi connectivity index (χ3n) is 5.32. The first-order valence-electron chi connectivity index (χ1n) is 9.21. The number of para-hydroxylation sites is 1. The quantitative estimate of drug-likeness (QED) is 0.783. The average Bonchev–Trinajstić information content (AvgIpc) is 3.25. The zero-order chi connectivity index (χ0) is 18.8. The van der Waals surface area contributed by atoms with E-state index < -0.39 is 0 Å². The van der Waals surface area contributed by atoms with Crippen molar-refractivity contribution in [3.8, 4) is 29.0 Å². The largest absolute Gasteiger partial charge is 0.493 e. The van der Waals surface area contributed by atoms with E-state index >= 15 is 0 Å². The molecule has 0 unspecified atom stereocenters.